The van der Waals surface area contributed by atoms with Crippen molar-refractivity contribution in [3.63, 3.8) is 0 Å². The zero-order chi connectivity index (χ0) is 10.8. The highest BCUT2D eigenvalue weighted by Crippen LogP contribution is 2.15. The number of rotatable bonds is 2. The van der Waals surface area contributed by atoms with E-state index in [1.54, 1.807) is 0 Å². The maximum atomic E-state index is 12.0. The largest absolute Gasteiger partial charge is 0.355 e. The topological polar surface area (TPSA) is 61.4 Å². The van der Waals surface area contributed by atoms with Gasteiger partial charge >= 0.3 is 0 Å². The van der Waals surface area contributed by atoms with E-state index in [1.807, 2.05) is 11.9 Å². The number of hydrogen-bond donors (Lipinski definition) is 2. The summed E-state index contributed by atoms with van der Waals surface area (Å²) in [6, 6.07) is 0.343. The lowest BCUT2D eigenvalue weighted by Crippen LogP contribution is -2.59. The van der Waals surface area contributed by atoms with Crippen LogP contribution in [-0.2, 0) is 9.59 Å². The van der Waals surface area contributed by atoms with Gasteiger partial charge in [0.2, 0.25) is 11.8 Å². The normalized spacial score (nSPS) is 26.7. The van der Waals surface area contributed by atoms with E-state index in [9.17, 15) is 9.59 Å². The van der Waals surface area contributed by atoms with Crippen molar-refractivity contribution < 1.29 is 9.59 Å². The Morgan fingerprint density at radius 1 is 1.40 bits per heavy atom. The average Bonchev–Trinajstić information content (AvgIpc) is 2.15. The molecule has 1 atom stereocenters. The summed E-state index contributed by atoms with van der Waals surface area (Å²) in [7, 11) is 1.85. The molecule has 2 fully saturated rings. The van der Waals surface area contributed by atoms with Gasteiger partial charge in [0.25, 0.3) is 0 Å². The van der Waals surface area contributed by atoms with Crippen molar-refractivity contribution in [2.75, 3.05) is 26.7 Å². The number of piperidine rings is 1. The van der Waals surface area contributed by atoms with Gasteiger partial charge in [-0.15, -0.1) is 0 Å². The van der Waals surface area contributed by atoms with Crippen LogP contribution in [-0.4, -0.2) is 49.4 Å². The number of likely N-dealkylation sites (N-methyl/N-ethyl adjacent to an activating group) is 1. The van der Waals surface area contributed by atoms with E-state index in [0.717, 1.165) is 13.1 Å². The molecule has 5 nitrogen and oxygen atoms in total. The fourth-order valence-corrected chi connectivity index (χ4v) is 1.96. The quantitative estimate of drug-likeness (QED) is 0.612. The molecule has 2 aliphatic rings. The molecule has 0 aromatic rings. The average molecular weight is 211 g/mol. The Morgan fingerprint density at radius 2 is 2.13 bits per heavy atom. The van der Waals surface area contributed by atoms with Gasteiger partial charge in [-0.25, -0.2) is 0 Å². The Bertz CT molecular complexity index is 266. The predicted octanol–water partition coefficient (Wildman–Crippen LogP) is -1.06. The standard InChI is InChI=1S/C10H17N3O2/c1-13(8-5-11-6-8)10(15)7-2-3-9(14)12-4-7/h7-8,11H,2-6H2,1H3,(H,12,14). The SMILES string of the molecule is CN(C(=O)C1CCC(=O)NC1)C1CNC1. The van der Waals surface area contributed by atoms with Crippen LogP contribution in [0.15, 0.2) is 0 Å². The first-order valence-corrected chi connectivity index (χ1v) is 5.42. The minimum Gasteiger partial charge on any atom is -0.355 e. The molecule has 15 heavy (non-hydrogen) atoms. The fraction of sp³-hybridized carbons (Fsp3) is 0.800. The van der Waals surface area contributed by atoms with Crippen molar-refractivity contribution in [3.05, 3.63) is 0 Å². The van der Waals surface area contributed by atoms with Crippen molar-refractivity contribution >= 4 is 11.8 Å². The number of carbonyl (C=O) groups is 2. The third-order valence-corrected chi connectivity index (χ3v) is 3.27. The Balaban J connectivity index is 1.86. The summed E-state index contributed by atoms with van der Waals surface area (Å²) in [6.07, 6.45) is 1.17. The molecule has 0 aliphatic carbocycles. The van der Waals surface area contributed by atoms with Crippen LogP contribution in [0, 0.1) is 5.92 Å². The van der Waals surface area contributed by atoms with Gasteiger partial charge in [-0.1, -0.05) is 0 Å². The monoisotopic (exact) mass is 211 g/mol. The van der Waals surface area contributed by atoms with Gasteiger partial charge in [-0.05, 0) is 6.42 Å². The van der Waals surface area contributed by atoms with Gasteiger partial charge in [0.15, 0.2) is 0 Å². The lowest BCUT2D eigenvalue weighted by Gasteiger charge is -2.38. The Hall–Kier alpha value is -1.10. The molecule has 0 spiro atoms. The number of amides is 2. The smallest absolute Gasteiger partial charge is 0.227 e. The van der Waals surface area contributed by atoms with E-state index in [1.165, 1.54) is 0 Å². The Morgan fingerprint density at radius 3 is 2.60 bits per heavy atom. The highest BCUT2D eigenvalue weighted by Gasteiger charge is 2.31. The molecule has 2 heterocycles. The molecular formula is C10H17N3O2. The van der Waals surface area contributed by atoms with Crippen LogP contribution < -0.4 is 10.6 Å². The Kier molecular flexibility index (Phi) is 2.90. The van der Waals surface area contributed by atoms with E-state index in [4.69, 9.17) is 0 Å². The number of nitrogens with one attached hydrogen (secondary N) is 2. The van der Waals surface area contributed by atoms with Gasteiger partial charge in [0, 0.05) is 33.1 Å². The van der Waals surface area contributed by atoms with Crippen LogP contribution >= 0.6 is 0 Å². The second kappa shape index (κ2) is 4.18. The van der Waals surface area contributed by atoms with Crippen LogP contribution in [0.4, 0.5) is 0 Å². The molecule has 2 rings (SSSR count). The van der Waals surface area contributed by atoms with E-state index in [2.05, 4.69) is 10.6 Å². The van der Waals surface area contributed by atoms with Gasteiger partial charge in [0.05, 0.1) is 12.0 Å². The van der Waals surface area contributed by atoms with Crippen molar-refractivity contribution in [3.8, 4) is 0 Å². The number of nitrogens with zero attached hydrogens (tertiary/aromatic N) is 1. The second-order valence-corrected chi connectivity index (χ2v) is 4.30. The third kappa shape index (κ3) is 2.12. The molecule has 84 valence electrons. The maximum Gasteiger partial charge on any atom is 0.227 e. The van der Waals surface area contributed by atoms with E-state index < -0.39 is 0 Å². The molecule has 0 radical (unpaired) electrons. The van der Waals surface area contributed by atoms with Gasteiger partial charge in [0.1, 0.15) is 0 Å². The van der Waals surface area contributed by atoms with E-state index >= 15 is 0 Å². The molecule has 5 heteroatoms. The molecule has 0 aromatic carbocycles. The summed E-state index contributed by atoms with van der Waals surface area (Å²) in [5.74, 6) is 0.210. The molecule has 1 unspecified atom stereocenters. The van der Waals surface area contributed by atoms with Crippen LogP contribution in [0.25, 0.3) is 0 Å². The minimum absolute atomic E-state index is 0.0201. The lowest BCUT2D eigenvalue weighted by atomic mass is 9.96. The zero-order valence-electron chi connectivity index (χ0n) is 8.95. The summed E-state index contributed by atoms with van der Waals surface area (Å²) in [6.45, 7) is 2.28. The first-order valence-electron chi connectivity index (χ1n) is 5.42. The second-order valence-electron chi connectivity index (χ2n) is 4.30. The molecular weight excluding hydrogens is 194 g/mol. The van der Waals surface area contributed by atoms with Crippen LogP contribution in [0.3, 0.4) is 0 Å². The molecule has 2 N–H and O–H groups in total. The van der Waals surface area contributed by atoms with Crippen molar-refractivity contribution in [2.45, 2.75) is 18.9 Å². The summed E-state index contributed by atoms with van der Waals surface area (Å²) in [5.41, 5.74) is 0. The summed E-state index contributed by atoms with van der Waals surface area (Å²) in [5, 5.41) is 5.88. The van der Waals surface area contributed by atoms with Crippen molar-refractivity contribution in [1.82, 2.24) is 15.5 Å². The molecule has 0 bridgehead atoms. The highest BCUT2D eigenvalue weighted by molar-refractivity contribution is 5.83. The van der Waals surface area contributed by atoms with Crippen LogP contribution in [0.1, 0.15) is 12.8 Å². The fourth-order valence-electron chi connectivity index (χ4n) is 1.96. The highest BCUT2D eigenvalue weighted by atomic mass is 16.2. The third-order valence-electron chi connectivity index (χ3n) is 3.27. The lowest BCUT2D eigenvalue weighted by molar-refractivity contribution is -0.139. The van der Waals surface area contributed by atoms with Gasteiger partial charge in [-0.2, -0.15) is 0 Å². The van der Waals surface area contributed by atoms with Crippen LogP contribution in [0.2, 0.25) is 0 Å². The predicted molar refractivity (Wildman–Crippen MR) is 55.2 cm³/mol. The Labute approximate surface area is 89.2 Å². The maximum absolute atomic E-state index is 12.0. The zero-order valence-corrected chi connectivity index (χ0v) is 8.95. The van der Waals surface area contributed by atoms with E-state index in [-0.39, 0.29) is 17.7 Å². The summed E-state index contributed by atoms with van der Waals surface area (Å²) >= 11 is 0. The number of carbonyl (C=O) groups excluding carboxylic acids is 2. The first-order chi connectivity index (χ1) is 7.18. The van der Waals surface area contributed by atoms with Crippen molar-refractivity contribution in [2.24, 2.45) is 5.92 Å². The van der Waals surface area contributed by atoms with Crippen molar-refractivity contribution in [1.29, 1.82) is 0 Å². The summed E-state index contributed by atoms with van der Waals surface area (Å²) < 4.78 is 0. The van der Waals surface area contributed by atoms with Gasteiger partial charge in [-0.3, -0.25) is 9.59 Å². The first kappa shape index (κ1) is 10.4. The molecule has 2 aliphatic heterocycles. The number of hydrogen-bond acceptors (Lipinski definition) is 3. The van der Waals surface area contributed by atoms with E-state index in [0.29, 0.717) is 25.4 Å². The summed E-state index contributed by atoms with van der Waals surface area (Å²) in [4.78, 5) is 24.8. The molecule has 0 saturated carbocycles. The van der Waals surface area contributed by atoms with Crippen LogP contribution in [0.5, 0.6) is 0 Å². The molecule has 2 amide bonds. The molecule has 2 saturated heterocycles. The molecule has 0 aromatic heterocycles. The minimum atomic E-state index is -0.0201. The van der Waals surface area contributed by atoms with Gasteiger partial charge < -0.3 is 15.5 Å².